The maximum Gasteiger partial charge on any atom is 0.256 e. The van der Waals surface area contributed by atoms with E-state index in [1.807, 2.05) is 63.4 Å². The molecule has 0 bridgehead atoms. The monoisotopic (exact) mass is 375 g/mol. The second-order valence-electron chi connectivity index (χ2n) is 7.05. The average Bonchev–Trinajstić information content (AvgIpc) is 2.67. The molecular weight excluding hydrogens is 350 g/mol. The van der Waals surface area contributed by atoms with Gasteiger partial charge in [-0.15, -0.1) is 0 Å². The van der Waals surface area contributed by atoms with Gasteiger partial charge in [-0.3, -0.25) is 9.69 Å². The van der Waals surface area contributed by atoms with Crippen LogP contribution in [0.3, 0.4) is 0 Å². The Labute approximate surface area is 165 Å². The summed E-state index contributed by atoms with van der Waals surface area (Å²) in [4.78, 5) is 27.5. The number of carbonyl (C=O) groups is 1. The van der Waals surface area contributed by atoms with Crippen LogP contribution in [0.25, 0.3) is 0 Å². The highest BCUT2D eigenvalue weighted by Gasteiger charge is 2.14. The smallest absolute Gasteiger partial charge is 0.256 e. The molecule has 0 radical (unpaired) electrons. The number of nitrogens with one attached hydrogen (secondary N) is 1. The fourth-order valence-electron chi connectivity index (χ4n) is 3.10. The largest absolute Gasteiger partial charge is 0.307 e. The van der Waals surface area contributed by atoms with Crippen molar-refractivity contribution in [2.75, 3.05) is 12.4 Å². The number of rotatable bonds is 6. The predicted octanol–water partition coefficient (Wildman–Crippen LogP) is 3.93. The Morgan fingerprint density at radius 1 is 1.18 bits per heavy atom. The number of nitrogens with zero attached hydrogens (tertiary/aromatic N) is 4. The van der Waals surface area contributed by atoms with Gasteiger partial charge in [0.15, 0.2) is 0 Å². The van der Waals surface area contributed by atoms with Crippen molar-refractivity contribution in [3.05, 3.63) is 83.1 Å². The van der Waals surface area contributed by atoms with E-state index < -0.39 is 0 Å². The molecule has 0 spiro atoms. The molecule has 2 heterocycles. The number of aromatic nitrogens is 3. The van der Waals surface area contributed by atoms with Crippen LogP contribution >= 0.6 is 0 Å². The lowest BCUT2D eigenvalue weighted by Crippen LogP contribution is -2.23. The lowest BCUT2D eigenvalue weighted by atomic mass is 10.1. The third-order valence-corrected chi connectivity index (χ3v) is 4.65. The van der Waals surface area contributed by atoms with Gasteiger partial charge in [0.1, 0.15) is 12.1 Å². The average molecular weight is 375 g/mol. The number of pyridine rings is 1. The Bertz CT molecular complexity index is 938. The molecule has 28 heavy (non-hydrogen) atoms. The summed E-state index contributed by atoms with van der Waals surface area (Å²) >= 11 is 0. The second kappa shape index (κ2) is 8.71. The Morgan fingerprint density at radius 3 is 2.71 bits per heavy atom. The van der Waals surface area contributed by atoms with E-state index in [0.29, 0.717) is 17.9 Å². The first-order valence-corrected chi connectivity index (χ1v) is 9.24. The first-order chi connectivity index (χ1) is 13.4. The normalized spacial score (nSPS) is 12.0. The molecule has 1 atom stereocenters. The minimum absolute atomic E-state index is 0.139. The van der Waals surface area contributed by atoms with Gasteiger partial charge in [0.2, 0.25) is 0 Å². The third kappa shape index (κ3) is 4.98. The Morgan fingerprint density at radius 2 is 2.00 bits per heavy atom. The molecule has 0 aliphatic heterocycles. The standard InChI is InChI=1S/C22H25N5O/c1-15-10-16(2)25-21(11-15)26-22(28)19-7-5-6-18(12-19)13-27(4)17(3)20-8-9-23-14-24-20/h5-12,14,17H,13H2,1-4H3,(H,25,26,28)/t17-/m0/s1. The summed E-state index contributed by atoms with van der Waals surface area (Å²) in [6.45, 7) is 6.70. The van der Waals surface area contributed by atoms with Crippen molar-refractivity contribution < 1.29 is 4.79 Å². The van der Waals surface area contributed by atoms with Crippen molar-refractivity contribution in [1.82, 2.24) is 19.9 Å². The van der Waals surface area contributed by atoms with Crippen LogP contribution in [0, 0.1) is 13.8 Å². The van der Waals surface area contributed by atoms with Crippen LogP contribution in [0.2, 0.25) is 0 Å². The molecule has 1 N–H and O–H groups in total. The number of aryl methyl sites for hydroxylation is 2. The minimum atomic E-state index is -0.161. The number of carbonyl (C=O) groups excluding carboxylic acids is 1. The quantitative estimate of drug-likeness (QED) is 0.707. The highest BCUT2D eigenvalue weighted by Crippen LogP contribution is 2.19. The van der Waals surface area contributed by atoms with Crippen molar-refractivity contribution in [2.45, 2.75) is 33.4 Å². The molecule has 6 nitrogen and oxygen atoms in total. The maximum absolute atomic E-state index is 12.6. The van der Waals surface area contributed by atoms with E-state index >= 15 is 0 Å². The molecule has 3 aromatic rings. The van der Waals surface area contributed by atoms with Gasteiger partial charge in [-0.05, 0) is 69.3 Å². The Balaban J connectivity index is 1.70. The van der Waals surface area contributed by atoms with Gasteiger partial charge in [-0.1, -0.05) is 12.1 Å². The molecule has 0 saturated heterocycles. The SMILES string of the molecule is Cc1cc(C)nc(NC(=O)c2cccc(CN(C)[C@@H](C)c3ccncn3)c2)c1. The van der Waals surface area contributed by atoms with Gasteiger partial charge in [-0.2, -0.15) is 0 Å². The number of benzene rings is 1. The fourth-order valence-corrected chi connectivity index (χ4v) is 3.10. The van der Waals surface area contributed by atoms with Crippen LogP contribution in [0.1, 0.15) is 45.8 Å². The molecule has 144 valence electrons. The summed E-state index contributed by atoms with van der Waals surface area (Å²) in [7, 11) is 2.04. The van der Waals surface area contributed by atoms with E-state index in [-0.39, 0.29) is 11.9 Å². The summed E-state index contributed by atoms with van der Waals surface area (Å²) in [5, 5.41) is 2.89. The van der Waals surface area contributed by atoms with Gasteiger partial charge < -0.3 is 5.32 Å². The van der Waals surface area contributed by atoms with E-state index in [0.717, 1.165) is 22.5 Å². The molecule has 0 fully saturated rings. The van der Waals surface area contributed by atoms with Crippen LogP contribution in [0.5, 0.6) is 0 Å². The topological polar surface area (TPSA) is 71.0 Å². The van der Waals surface area contributed by atoms with Crippen LogP contribution < -0.4 is 5.32 Å². The first kappa shape index (κ1) is 19.6. The van der Waals surface area contributed by atoms with Crippen molar-refractivity contribution in [2.24, 2.45) is 0 Å². The molecule has 6 heteroatoms. The number of anilines is 1. The van der Waals surface area contributed by atoms with Gasteiger partial charge in [-0.25, -0.2) is 15.0 Å². The van der Waals surface area contributed by atoms with Crippen LogP contribution in [-0.2, 0) is 6.54 Å². The summed E-state index contributed by atoms with van der Waals surface area (Å²) < 4.78 is 0. The van der Waals surface area contributed by atoms with E-state index in [1.54, 1.807) is 12.5 Å². The van der Waals surface area contributed by atoms with Gasteiger partial charge in [0.25, 0.3) is 5.91 Å². The Hall–Kier alpha value is -3.12. The lowest BCUT2D eigenvalue weighted by molar-refractivity contribution is 0.102. The number of amides is 1. The number of hydrogen-bond donors (Lipinski definition) is 1. The van der Waals surface area contributed by atoms with Crippen molar-refractivity contribution in [3.8, 4) is 0 Å². The van der Waals surface area contributed by atoms with Crippen molar-refractivity contribution in [3.63, 3.8) is 0 Å². The highest BCUT2D eigenvalue weighted by molar-refractivity contribution is 6.03. The molecule has 2 aromatic heterocycles. The van der Waals surface area contributed by atoms with E-state index in [9.17, 15) is 4.79 Å². The van der Waals surface area contributed by atoms with Crippen LogP contribution in [-0.4, -0.2) is 32.8 Å². The van der Waals surface area contributed by atoms with E-state index in [4.69, 9.17) is 0 Å². The van der Waals surface area contributed by atoms with Crippen LogP contribution in [0.4, 0.5) is 5.82 Å². The zero-order valence-corrected chi connectivity index (χ0v) is 16.7. The Kier molecular flexibility index (Phi) is 6.11. The summed E-state index contributed by atoms with van der Waals surface area (Å²) in [5.41, 5.74) is 4.58. The first-order valence-electron chi connectivity index (χ1n) is 9.24. The fraction of sp³-hybridized carbons (Fsp3) is 0.273. The van der Waals surface area contributed by atoms with Gasteiger partial charge in [0, 0.05) is 30.0 Å². The van der Waals surface area contributed by atoms with Gasteiger partial charge >= 0.3 is 0 Å². The lowest BCUT2D eigenvalue weighted by Gasteiger charge is -2.24. The molecule has 1 aromatic carbocycles. The van der Waals surface area contributed by atoms with Crippen molar-refractivity contribution >= 4 is 11.7 Å². The molecule has 0 aliphatic rings. The molecule has 0 saturated carbocycles. The summed E-state index contributed by atoms with van der Waals surface area (Å²) in [6.07, 6.45) is 3.31. The third-order valence-electron chi connectivity index (χ3n) is 4.65. The molecule has 0 unspecified atom stereocenters. The summed E-state index contributed by atoms with van der Waals surface area (Å²) in [6, 6.07) is 13.6. The minimum Gasteiger partial charge on any atom is -0.307 e. The number of hydrogen-bond acceptors (Lipinski definition) is 5. The highest BCUT2D eigenvalue weighted by atomic mass is 16.1. The predicted molar refractivity (Wildman–Crippen MR) is 110 cm³/mol. The van der Waals surface area contributed by atoms with Crippen LogP contribution in [0.15, 0.2) is 55.0 Å². The van der Waals surface area contributed by atoms with E-state index in [2.05, 4.69) is 32.1 Å². The molecule has 1 amide bonds. The molecular formula is C22H25N5O. The maximum atomic E-state index is 12.6. The van der Waals surface area contributed by atoms with Crippen molar-refractivity contribution in [1.29, 1.82) is 0 Å². The molecule has 0 aliphatic carbocycles. The zero-order valence-electron chi connectivity index (χ0n) is 16.7. The summed E-state index contributed by atoms with van der Waals surface area (Å²) in [5.74, 6) is 0.410. The molecule has 3 rings (SSSR count). The zero-order chi connectivity index (χ0) is 20.1. The van der Waals surface area contributed by atoms with E-state index in [1.165, 1.54) is 0 Å². The second-order valence-corrected chi connectivity index (χ2v) is 7.05. The van der Waals surface area contributed by atoms with Gasteiger partial charge in [0.05, 0.1) is 5.69 Å².